The lowest BCUT2D eigenvalue weighted by molar-refractivity contribution is -0.136. The molecule has 1 aromatic heterocycles. The van der Waals surface area contributed by atoms with E-state index in [-0.39, 0.29) is 6.42 Å². The number of imidazole rings is 1. The standard InChI is InChI=1S/C8H13N3O2/c1-8(2,9)5-4-10-6(11-5)3-7(12)13/h4H,3,9H2,1-2H3,(H,10,11)(H,12,13). The average Bonchev–Trinajstić information content (AvgIpc) is 2.32. The number of carboxylic acids is 1. The molecule has 0 aromatic carbocycles. The first-order valence-corrected chi connectivity index (χ1v) is 3.94. The number of nitrogens with one attached hydrogen (secondary N) is 1. The van der Waals surface area contributed by atoms with Gasteiger partial charge in [-0.05, 0) is 13.8 Å². The third kappa shape index (κ3) is 2.55. The molecule has 0 spiro atoms. The second-order valence-electron chi connectivity index (χ2n) is 3.54. The monoisotopic (exact) mass is 183 g/mol. The SMILES string of the molecule is CC(C)(N)c1cnc(CC(=O)O)[nH]1. The van der Waals surface area contributed by atoms with Crippen molar-refractivity contribution < 1.29 is 9.90 Å². The molecule has 4 N–H and O–H groups in total. The van der Waals surface area contributed by atoms with Gasteiger partial charge in [0.25, 0.3) is 0 Å². The molecule has 0 aliphatic rings. The Bertz CT molecular complexity index is 311. The van der Waals surface area contributed by atoms with Crippen LogP contribution in [0.5, 0.6) is 0 Å². The average molecular weight is 183 g/mol. The largest absolute Gasteiger partial charge is 0.481 e. The molecule has 5 nitrogen and oxygen atoms in total. The van der Waals surface area contributed by atoms with E-state index in [0.717, 1.165) is 5.69 Å². The van der Waals surface area contributed by atoms with Crippen LogP contribution in [0.15, 0.2) is 6.20 Å². The Hall–Kier alpha value is -1.36. The molecule has 0 aliphatic carbocycles. The lowest BCUT2D eigenvalue weighted by Crippen LogP contribution is -2.29. The van der Waals surface area contributed by atoms with Crippen molar-refractivity contribution >= 4 is 5.97 Å². The number of rotatable bonds is 3. The van der Waals surface area contributed by atoms with Gasteiger partial charge in [0, 0.05) is 0 Å². The van der Waals surface area contributed by atoms with E-state index in [1.165, 1.54) is 0 Å². The van der Waals surface area contributed by atoms with Crippen molar-refractivity contribution in [1.82, 2.24) is 9.97 Å². The van der Waals surface area contributed by atoms with E-state index in [9.17, 15) is 4.79 Å². The van der Waals surface area contributed by atoms with Crippen molar-refractivity contribution in [1.29, 1.82) is 0 Å². The first-order chi connectivity index (χ1) is 5.89. The Labute approximate surface area is 76.0 Å². The number of H-pyrrole nitrogens is 1. The fraction of sp³-hybridized carbons (Fsp3) is 0.500. The smallest absolute Gasteiger partial charge is 0.311 e. The van der Waals surface area contributed by atoms with E-state index in [1.807, 2.05) is 13.8 Å². The first kappa shape index (κ1) is 9.73. The number of aromatic nitrogens is 2. The van der Waals surface area contributed by atoms with Crippen molar-refractivity contribution in [2.45, 2.75) is 25.8 Å². The van der Waals surface area contributed by atoms with Gasteiger partial charge in [0.1, 0.15) is 12.2 Å². The molecule has 0 amide bonds. The molecule has 0 atom stereocenters. The zero-order valence-corrected chi connectivity index (χ0v) is 7.66. The number of hydrogen-bond donors (Lipinski definition) is 3. The Kier molecular flexibility index (Phi) is 2.38. The fourth-order valence-electron chi connectivity index (χ4n) is 0.923. The number of nitrogens with two attached hydrogens (primary N) is 1. The molecule has 0 unspecified atom stereocenters. The van der Waals surface area contributed by atoms with Gasteiger partial charge in [-0.25, -0.2) is 4.98 Å². The van der Waals surface area contributed by atoms with Gasteiger partial charge in [0.2, 0.25) is 0 Å². The number of aliphatic carboxylic acids is 1. The minimum Gasteiger partial charge on any atom is -0.481 e. The fourth-order valence-corrected chi connectivity index (χ4v) is 0.923. The number of aromatic amines is 1. The third-order valence-corrected chi connectivity index (χ3v) is 1.64. The van der Waals surface area contributed by atoms with Crippen LogP contribution in [0, 0.1) is 0 Å². The molecule has 0 bridgehead atoms. The van der Waals surface area contributed by atoms with Crippen molar-refractivity contribution in [3.63, 3.8) is 0 Å². The molecule has 72 valence electrons. The highest BCUT2D eigenvalue weighted by molar-refractivity contribution is 5.68. The van der Waals surface area contributed by atoms with E-state index in [2.05, 4.69) is 9.97 Å². The van der Waals surface area contributed by atoms with E-state index in [1.54, 1.807) is 6.20 Å². The maximum absolute atomic E-state index is 10.3. The zero-order chi connectivity index (χ0) is 10.1. The lowest BCUT2D eigenvalue weighted by Gasteiger charge is -2.15. The quantitative estimate of drug-likeness (QED) is 0.625. The third-order valence-electron chi connectivity index (χ3n) is 1.64. The summed E-state index contributed by atoms with van der Waals surface area (Å²) in [4.78, 5) is 17.1. The van der Waals surface area contributed by atoms with E-state index in [4.69, 9.17) is 10.8 Å². The second kappa shape index (κ2) is 3.18. The highest BCUT2D eigenvalue weighted by Crippen LogP contribution is 2.13. The topological polar surface area (TPSA) is 92.0 Å². The van der Waals surface area contributed by atoms with Crippen LogP contribution in [0.3, 0.4) is 0 Å². The summed E-state index contributed by atoms with van der Waals surface area (Å²) in [6.07, 6.45) is 1.47. The van der Waals surface area contributed by atoms with Gasteiger partial charge < -0.3 is 15.8 Å². The maximum atomic E-state index is 10.3. The number of carbonyl (C=O) groups is 1. The van der Waals surface area contributed by atoms with E-state index >= 15 is 0 Å². The van der Waals surface area contributed by atoms with Gasteiger partial charge in [-0.15, -0.1) is 0 Å². The number of carboxylic acid groups (broad SMARTS) is 1. The van der Waals surface area contributed by atoms with Crippen molar-refractivity contribution in [3.8, 4) is 0 Å². The normalized spacial score (nSPS) is 11.6. The molecule has 0 saturated heterocycles. The molecule has 1 heterocycles. The second-order valence-corrected chi connectivity index (χ2v) is 3.54. The van der Waals surface area contributed by atoms with Crippen molar-refractivity contribution in [2.24, 2.45) is 5.73 Å². The van der Waals surface area contributed by atoms with Gasteiger partial charge in [-0.2, -0.15) is 0 Å². The van der Waals surface area contributed by atoms with Gasteiger partial charge in [0.05, 0.1) is 17.4 Å². The predicted octanol–water partition coefficient (Wildman–Crippen LogP) is 0.231. The Morgan fingerprint density at radius 1 is 1.77 bits per heavy atom. The molecule has 0 saturated carbocycles. The van der Waals surface area contributed by atoms with Gasteiger partial charge in [-0.1, -0.05) is 0 Å². The summed E-state index contributed by atoms with van der Waals surface area (Å²) in [6.45, 7) is 3.65. The van der Waals surface area contributed by atoms with Crippen LogP contribution in [0.1, 0.15) is 25.4 Å². The number of hydrogen-bond acceptors (Lipinski definition) is 3. The molecule has 0 radical (unpaired) electrons. The lowest BCUT2D eigenvalue weighted by atomic mass is 10.0. The summed E-state index contributed by atoms with van der Waals surface area (Å²) >= 11 is 0. The van der Waals surface area contributed by atoms with Gasteiger partial charge in [-0.3, -0.25) is 4.79 Å². The Balaban J connectivity index is 2.81. The molecule has 13 heavy (non-hydrogen) atoms. The summed E-state index contributed by atoms with van der Waals surface area (Å²) in [7, 11) is 0. The van der Waals surface area contributed by atoms with Crippen LogP contribution in [-0.2, 0) is 16.8 Å². The summed E-state index contributed by atoms with van der Waals surface area (Å²) in [5.74, 6) is -0.475. The summed E-state index contributed by atoms with van der Waals surface area (Å²) in [5.41, 5.74) is 6.01. The highest BCUT2D eigenvalue weighted by atomic mass is 16.4. The molecule has 1 aromatic rings. The van der Waals surface area contributed by atoms with Crippen LogP contribution in [0.25, 0.3) is 0 Å². The van der Waals surface area contributed by atoms with Crippen LogP contribution < -0.4 is 5.73 Å². The molecule has 0 aliphatic heterocycles. The van der Waals surface area contributed by atoms with Crippen LogP contribution in [-0.4, -0.2) is 21.0 Å². The minimum absolute atomic E-state index is 0.101. The maximum Gasteiger partial charge on any atom is 0.311 e. The molecular weight excluding hydrogens is 170 g/mol. The summed E-state index contributed by atoms with van der Waals surface area (Å²) in [5, 5.41) is 8.49. The predicted molar refractivity (Wildman–Crippen MR) is 47.1 cm³/mol. The van der Waals surface area contributed by atoms with Crippen LogP contribution >= 0.6 is 0 Å². The van der Waals surface area contributed by atoms with Crippen LogP contribution in [0.2, 0.25) is 0 Å². The Morgan fingerprint density at radius 2 is 2.38 bits per heavy atom. The van der Waals surface area contributed by atoms with Crippen LogP contribution in [0.4, 0.5) is 0 Å². The summed E-state index contributed by atoms with van der Waals surface area (Å²) < 4.78 is 0. The minimum atomic E-state index is -0.907. The van der Waals surface area contributed by atoms with Gasteiger partial charge >= 0.3 is 5.97 Å². The first-order valence-electron chi connectivity index (χ1n) is 3.94. The zero-order valence-electron chi connectivity index (χ0n) is 7.66. The molecule has 0 fully saturated rings. The summed E-state index contributed by atoms with van der Waals surface area (Å²) in [6, 6.07) is 0. The van der Waals surface area contributed by atoms with E-state index < -0.39 is 11.5 Å². The molecular formula is C8H13N3O2. The number of nitrogens with zero attached hydrogens (tertiary/aromatic N) is 1. The molecule has 1 rings (SSSR count). The van der Waals surface area contributed by atoms with Gasteiger partial charge in [0.15, 0.2) is 0 Å². The highest BCUT2D eigenvalue weighted by Gasteiger charge is 2.17. The van der Waals surface area contributed by atoms with Crippen molar-refractivity contribution in [3.05, 3.63) is 17.7 Å². The Morgan fingerprint density at radius 3 is 2.77 bits per heavy atom. The van der Waals surface area contributed by atoms with Crippen molar-refractivity contribution in [2.75, 3.05) is 0 Å². The molecule has 5 heteroatoms. The van der Waals surface area contributed by atoms with E-state index in [0.29, 0.717) is 5.82 Å².